The highest BCUT2D eigenvalue weighted by atomic mass is 32.1. The molecule has 9 heteroatoms. The Labute approximate surface area is 139 Å². The normalized spacial score (nSPS) is 12.7. The number of rotatable bonds is 4. The van der Waals surface area contributed by atoms with Gasteiger partial charge in [-0.25, -0.2) is 9.78 Å². The van der Waals surface area contributed by atoms with Crippen LogP contribution >= 0.6 is 11.3 Å². The van der Waals surface area contributed by atoms with Crippen molar-refractivity contribution in [2.75, 3.05) is 0 Å². The van der Waals surface area contributed by atoms with Crippen LogP contribution < -0.4 is 5.32 Å². The molecular formula is C15H13F3N2O3S. The summed E-state index contributed by atoms with van der Waals surface area (Å²) >= 11 is 0.875. The Bertz CT molecular complexity index is 787. The van der Waals surface area contributed by atoms with Crippen LogP contribution in [0.15, 0.2) is 24.3 Å². The van der Waals surface area contributed by atoms with Crippen molar-refractivity contribution in [1.29, 1.82) is 0 Å². The monoisotopic (exact) mass is 358 g/mol. The van der Waals surface area contributed by atoms with Gasteiger partial charge in [0.25, 0.3) is 5.91 Å². The number of halogens is 3. The highest BCUT2D eigenvalue weighted by Gasteiger charge is 2.35. The van der Waals surface area contributed by atoms with Crippen LogP contribution in [0.2, 0.25) is 0 Å². The molecule has 1 unspecified atom stereocenters. The SMILES string of the molecule is Cc1nc(C(C)NC(=O)c2ccccc2C(F)(F)F)sc1C(=O)O. The summed E-state index contributed by atoms with van der Waals surface area (Å²) in [6, 6.07) is 3.73. The Morgan fingerprint density at radius 2 is 1.92 bits per heavy atom. The van der Waals surface area contributed by atoms with Gasteiger partial charge in [0.15, 0.2) is 0 Å². The van der Waals surface area contributed by atoms with Gasteiger partial charge in [-0.05, 0) is 26.0 Å². The third-order valence-electron chi connectivity index (χ3n) is 3.20. The summed E-state index contributed by atoms with van der Waals surface area (Å²) in [7, 11) is 0. The fourth-order valence-corrected chi connectivity index (χ4v) is 2.97. The van der Waals surface area contributed by atoms with Gasteiger partial charge in [-0.15, -0.1) is 11.3 Å². The van der Waals surface area contributed by atoms with E-state index < -0.39 is 35.2 Å². The van der Waals surface area contributed by atoms with Gasteiger partial charge in [-0.3, -0.25) is 4.79 Å². The van der Waals surface area contributed by atoms with Crippen LogP contribution in [0.1, 0.15) is 49.3 Å². The molecule has 1 aromatic heterocycles. The van der Waals surface area contributed by atoms with Crippen LogP contribution in [0.5, 0.6) is 0 Å². The second kappa shape index (κ2) is 6.60. The Morgan fingerprint density at radius 1 is 1.29 bits per heavy atom. The molecule has 1 aromatic carbocycles. The van der Waals surface area contributed by atoms with E-state index in [0.717, 1.165) is 23.5 Å². The predicted molar refractivity (Wildman–Crippen MR) is 81.1 cm³/mol. The van der Waals surface area contributed by atoms with Gasteiger partial charge in [-0.2, -0.15) is 13.2 Å². The molecule has 0 fully saturated rings. The van der Waals surface area contributed by atoms with Gasteiger partial charge >= 0.3 is 12.1 Å². The molecule has 0 aliphatic rings. The highest BCUT2D eigenvalue weighted by molar-refractivity contribution is 7.13. The number of thiazole rings is 1. The lowest BCUT2D eigenvalue weighted by atomic mass is 10.1. The lowest BCUT2D eigenvalue weighted by Crippen LogP contribution is -2.28. The molecule has 0 aliphatic carbocycles. The average Bonchev–Trinajstić information content (AvgIpc) is 2.88. The van der Waals surface area contributed by atoms with Gasteiger partial charge in [0.05, 0.1) is 22.9 Å². The van der Waals surface area contributed by atoms with E-state index in [1.165, 1.54) is 26.0 Å². The third kappa shape index (κ3) is 3.73. The van der Waals surface area contributed by atoms with Crippen LogP contribution in [0.4, 0.5) is 13.2 Å². The zero-order valence-corrected chi connectivity index (χ0v) is 13.5. The molecule has 0 bridgehead atoms. The van der Waals surface area contributed by atoms with E-state index in [-0.39, 0.29) is 4.88 Å². The van der Waals surface area contributed by atoms with Gasteiger partial charge < -0.3 is 10.4 Å². The first-order chi connectivity index (χ1) is 11.1. The molecule has 5 nitrogen and oxygen atoms in total. The molecule has 0 spiro atoms. The number of carboxylic acids is 1. The number of hydrogen-bond acceptors (Lipinski definition) is 4. The first-order valence-corrected chi connectivity index (χ1v) is 7.60. The number of aryl methyl sites for hydroxylation is 1. The maximum Gasteiger partial charge on any atom is 0.417 e. The van der Waals surface area contributed by atoms with Gasteiger partial charge in [-0.1, -0.05) is 12.1 Å². The molecular weight excluding hydrogens is 345 g/mol. The fourth-order valence-electron chi connectivity index (χ4n) is 2.07. The lowest BCUT2D eigenvalue weighted by molar-refractivity contribution is -0.137. The van der Waals surface area contributed by atoms with Crippen LogP contribution in [-0.4, -0.2) is 22.0 Å². The number of nitrogens with one attached hydrogen (secondary N) is 1. The number of amides is 1. The smallest absolute Gasteiger partial charge is 0.417 e. The summed E-state index contributed by atoms with van der Waals surface area (Å²) in [5.41, 5.74) is -1.24. The third-order valence-corrected chi connectivity index (χ3v) is 4.53. The average molecular weight is 358 g/mol. The molecule has 0 saturated carbocycles. The number of aromatic nitrogens is 1. The van der Waals surface area contributed by atoms with Gasteiger partial charge in [0.2, 0.25) is 0 Å². The minimum absolute atomic E-state index is 0.0294. The van der Waals surface area contributed by atoms with Crippen LogP contribution in [0.3, 0.4) is 0 Å². The molecule has 2 rings (SSSR count). The first kappa shape index (κ1) is 17.9. The Hall–Kier alpha value is -2.42. The highest BCUT2D eigenvalue weighted by Crippen LogP contribution is 2.32. The number of carboxylic acid groups (broad SMARTS) is 1. The topological polar surface area (TPSA) is 79.3 Å². The van der Waals surface area contributed by atoms with E-state index in [2.05, 4.69) is 10.3 Å². The van der Waals surface area contributed by atoms with Crippen LogP contribution in [0.25, 0.3) is 0 Å². The van der Waals surface area contributed by atoms with Crippen molar-refractivity contribution >= 4 is 23.2 Å². The van der Waals surface area contributed by atoms with E-state index in [1.807, 2.05) is 0 Å². The summed E-state index contributed by atoms with van der Waals surface area (Å²) in [4.78, 5) is 27.3. The zero-order valence-electron chi connectivity index (χ0n) is 12.6. The maximum atomic E-state index is 13.0. The largest absolute Gasteiger partial charge is 0.477 e. The van der Waals surface area contributed by atoms with Crippen molar-refractivity contribution in [3.8, 4) is 0 Å². The lowest BCUT2D eigenvalue weighted by Gasteiger charge is -2.15. The molecule has 2 aromatic rings. The van der Waals surface area contributed by atoms with Crippen molar-refractivity contribution in [3.63, 3.8) is 0 Å². The second-order valence-electron chi connectivity index (χ2n) is 5.01. The first-order valence-electron chi connectivity index (χ1n) is 6.79. The molecule has 1 amide bonds. The number of carbonyl (C=O) groups excluding carboxylic acids is 1. The number of alkyl halides is 3. The van der Waals surface area contributed by atoms with Crippen molar-refractivity contribution in [2.45, 2.75) is 26.1 Å². The van der Waals surface area contributed by atoms with Gasteiger partial charge in [0, 0.05) is 0 Å². The molecule has 1 heterocycles. The zero-order chi connectivity index (χ0) is 18.1. The molecule has 128 valence electrons. The minimum atomic E-state index is -4.65. The minimum Gasteiger partial charge on any atom is -0.477 e. The molecule has 0 aliphatic heterocycles. The maximum absolute atomic E-state index is 13.0. The van der Waals surface area contributed by atoms with Crippen molar-refractivity contribution in [1.82, 2.24) is 10.3 Å². The van der Waals surface area contributed by atoms with E-state index in [9.17, 15) is 22.8 Å². The predicted octanol–water partition coefficient (Wildman–Crippen LogP) is 3.66. The number of benzene rings is 1. The molecule has 0 radical (unpaired) electrons. The summed E-state index contributed by atoms with van der Waals surface area (Å²) < 4.78 is 38.9. The fraction of sp³-hybridized carbons (Fsp3) is 0.267. The summed E-state index contributed by atoms with van der Waals surface area (Å²) in [5, 5.41) is 11.7. The van der Waals surface area contributed by atoms with Crippen molar-refractivity contribution in [2.24, 2.45) is 0 Å². The summed E-state index contributed by atoms with van der Waals surface area (Å²) in [6.07, 6.45) is -4.65. The van der Waals surface area contributed by atoms with Crippen molar-refractivity contribution in [3.05, 3.63) is 51.0 Å². The number of nitrogens with zero attached hydrogens (tertiary/aromatic N) is 1. The molecule has 0 saturated heterocycles. The second-order valence-corrected chi connectivity index (χ2v) is 6.04. The molecule has 1 atom stereocenters. The van der Waals surface area contributed by atoms with Crippen LogP contribution in [0, 0.1) is 6.92 Å². The van der Waals surface area contributed by atoms with Crippen LogP contribution in [-0.2, 0) is 6.18 Å². The molecule has 2 N–H and O–H groups in total. The van der Waals surface area contributed by atoms with Gasteiger partial charge in [0.1, 0.15) is 9.88 Å². The van der Waals surface area contributed by atoms with E-state index in [0.29, 0.717) is 10.7 Å². The number of hydrogen-bond donors (Lipinski definition) is 2. The number of carbonyl (C=O) groups is 2. The van der Waals surface area contributed by atoms with E-state index in [4.69, 9.17) is 5.11 Å². The summed E-state index contributed by atoms with van der Waals surface area (Å²) in [5.74, 6) is -2.04. The van der Waals surface area contributed by atoms with E-state index >= 15 is 0 Å². The number of aromatic carboxylic acids is 1. The Balaban J connectivity index is 2.24. The quantitative estimate of drug-likeness (QED) is 0.874. The Morgan fingerprint density at radius 3 is 2.46 bits per heavy atom. The molecule has 24 heavy (non-hydrogen) atoms. The standard InChI is InChI=1S/C15H13F3N2O3S/c1-7-11(14(22)23)24-13(20-7)8(2)19-12(21)9-5-3-4-6-10(9)15(16,17)18/h3-6,8H,1-2H3,(H,19,21)(H,22,23). The van der Waals surface area contributed by atoms with Crippen molar-refractivity contribution < 1.29 is 27.9 Å². The van der Waals surface area contributed by atoms with E-state index in [1.54, 1.807) is 0 Å². The Kier molecular flexibility index (Phi) is 4.93. The summed E-state index contributed by atoms with van der Waals surface area (Å²) in [6.45, 7) is 3.04.